The Morgan fingerprint density at radius 2 is 2.17 bits per heavy atom. The van der Waals surface area contributed by atoms with Gasteiger partial charge in [0.25, 0.3) is 0 Å². The fraction of sp³-hybridized carbons (Fsp3) is 0.333. The molecule has 1 aromatic carbocycles. The van der Waals surface area contributed by atoms with Crippen LogP contribution in [0.2, 0.25) is 0 Å². The van der Waals surface area contributed by atoms with Gasteiger partial charge in [-0.3, -0.25) is 14.3 Å². The molecule has 9 heteroatoms. The summed E-state index contributed by atoms with van der Waals surface area (Å²) >= 11 is 0. The van der Waals surface area contributed by atoms with Crippen molar-refractivity contribution in [1.29, 1.82) is 0 Å². The Kier molecular flexibility index (Phi) is 6.20. The first-order valence-corrected chi connectivity index (χ1v) is 9.74. The predicted molar refractivity (Wildman–Crippen MR) is 115 cm³/mol. The van der Waals surface area contributed by atoms with Gasteiger partial charge in [-0.25, -0.2) is 4.98 Å². The van der Waals surface area contributed by atoms with E-state index in [0.29, 0.717) is 35.1 Å². The highest BCUT2D eigenvalue weighted by Crippen LogP contribution is 2.37. The molecular formula is C21H26N6O3. The number of nitrogens with zero attached hydrogens (tertiary/aromatic N) is 4. The van der Waals surface area contributed by atoms with Crippen molar-refractivity contribution in [2.45, 2.75) is 39.3 Å². The lowest BCUT2D eigenvalue weighted by Crippen LogP contribution is -2.23. The number of hydrogen-bond acceptors (Lipinski definition) is 6. The molecule has 4 N–H and O–H groups in total. The molecule has 3 aromatic rings. The molecular weight excluding hydrogens is 384 g/mol. The number of nitrogens with two attached hydrogens (primary N) is 2. The van der Waals surface area contributed by atoms with E-state index < -0.39 is 5.91 Å². The number of benzene rings is 1. The minimum Gasteiger partial charge on any atom is -0.489 e. The van der Waals surface area contributed by atoms with Crippen LogP contribution in [0.15, 0.2) is 30.9 Å². The number of aromatic nitrogens is 4. The smallest absolute Gasteiger partial charge is 0.248 e. The Morgan fingerprint density at radius 1 is 1.40 bits per heavy atom. The van der Waals surface area contributed by atoms with Crippen molar-refractivity contribution in [2.24, 2.45) is 5.73 Å². The Bertz CT molecular complexity index is 1100. The number of imidazole rings is 1. The molecule has 1 unspecified atom stereocenters. The molecule has 1 atom stereocenters. The monoisotopic (exact) mass is 410 g/mol. The molecule has 0 aliphatic carbocycles. The van der Waals surface area contributed by atoms with Crippen molar-refractivity contribution in [3.63, 3.8) is 0 Å². The van der Waals surface area contributed by atoms with Gasteiger partial charge in [-0.15, -0.1) is 6.58 Å². The number of aryl methyl sites for hydroxylation is 2. The van der Waals surface area contributed by atoms with E-state index in [-0.39, 0.29) is 6.04 Å². The van der Waals surface area contributed by atoms with Gasteiger partial charge in [0.15, 0.2) is 6.29 Å². The molecule has 1 amide bonds. The summed E-state index contributed by atoms with van der Waals surface area (Å²) in [4.78, 5) is 26.0. The first kappa shape index (κ1) is 21.1. The molecule has 2 aromatic heterocycles. The van der Waals surface area contributed by atoms with Crippen molar-refractivity contribution >= 4 is 29.2 Å². The van der Waals surface area contributed by atoms with Gasteiger partial charge < -0.3 is 20.8 Å². The van der Waals surface area contributed by atoms with Crippen molar-refractivity contribution in [1.82, 2.24) is 19.3 Å². The Labute approximate surface area is 174 Å². The number of amides is 1. The van der Waals surface area contributed by atoms with Crippen LogP contribution in [-0.2, 0) is 6.54 Å². The third-order valence-corrected chi connectivity index (χ3v) is 4.79. The third kappa shape index (κ3) is 4.05. The van der Waals surface area contributed by atoms with Crippen molar-refractivity contribution in [3.8, 4) is 5.75 Å². The van der Waals surface area contributed by atoms with Crippen molar-refractivity contribution in [2.75, 3.05) is 12.3 Å². The predicted octanol–water partition coefficient (Wildman–Crippen LogP) is 2.64. The maximum atomic E-state index is 11.3. The zero-order valence-corrected chi connectivity index (χ0v) is 17.2. The number of nitrogen functional groups attached to an aromatic ring is 1. The fourth-order valence-corrected chi connectivity index (χ4v) is 3.51. The number of carbonyl (C=O) groups is 2. The maximum absolute atomic E-state index is 11.3. The minimum absolute atomic E-state index is 0.0782. The summed E-state index contributed by atoms with van der Waals surface area (Å²) in [5.74, 6) is 0.493. The van der Waals surface area contributed by atoms with Gasteiger partial charge in [0.05, 0.1) is 17.3 Å². The van der Waals surface area contributed by atoms with Crippen LogP contribution < -0.4 is 16.2 Å². The van der Waals surface area contributed by atoms with Crippen LogP contribution in [0.1, 0.15) is 52.3 Å². The van der Waals surface area contributed by atoms with Crippen molar-refractivity contribution in [3.05, 3.63) is 47.8 Å². The van der Waals surface area contributed by atoms with Crippen LogP contribution in [0.5, 0.6) is 5.75 Å². The van der Waals surface area contributed by atoms with Gasteiger partial charge in [0, 0.05) is 12.1 Å². The number of anilines is 1. The lowest BCUT2D eigenvalue weighted by atomic mass is 10.1. The second kappa shape index (κ2) is 8.81. The van der Waals surface area contributed by atoms with Crippen LogP contribution in [0.3, 0.4) is 0 Å². The summed E-state index contributed by atoms with van der Waals surface area (Å²) in [6, 6.07) is 5.14. The van der Waals surface area contributed by atoms with E-state index in [9.17, 15) is 9.59 Å². The number of primary amides is 1. The van der Waals surface area contributed by atoms with Crippen LogP contribution in [-0.4, -0.2) is 38.1 Å². The highest BCUT2D eigenvalue weighted by molar-refractivity contribution is 5.99. The Morgan fingerprint density at radius 3 is 2.80 bits per heavy atom. The summed E-state index contributed by atoms with van der Waals surface area (Å²) in [6.45, 7) is 8.97. The average Bonchev–Trinajstić information content (AvgIpc) is 3.24. The molecule has 30 heavy (non-hydrogen) atoms. The topological polar surface area (TPSA) is 131 Å². The van der Waals surface area contributed by atoms with Crippen molar-refractivity contribution < 1.29 is 14.3 Å². The quantitative estimate of drug-likeness (QED) is 0.474. The SMILES string of the molecule is C=CCC1COc2cc(C(N)=O)cc3nc(N)n1c23.CCCn1nc(C)cc1C=O. The van der Waals surface area contributed by atoms with Crippen LogP contribution in [0, 0.1) is 6.92 Å². The molecule has 1 aliphatic heterocycles. The molecule has 0 bridgehead atoms. The molecule has 0 radical (unpaired) electrons. The van der Waals surface area contributed by atoms with Gasteiger partial charge in [-0.2, -0.15) is 5.10 Å². The number of aldehydes is 1. The lowest BCUT2D eigenvalue weighted by molar-refractivity contribution is 0.0999. The molecule has 0 saturated carbocycles. The highest BCUT2D eigenvalue weighted by Gasteiger charge is 2.26. The first-order valence-electron chi connectivity index (χ1n) is 9.74. The van der Waals surface area contributed by atoms with Gasteiger partial charge in [-0.05, 0) is 38.0 Å². The van der Waals surface area contributed by atoms with E-state index >= 15 is 0 Å². The normalized spacial score (nSPS) is 14.5. The third-order valence-electron chi connectivity index (χ3n) is 4.79. The number of allylic oxidation sites excluding steroid dienone is 1. The standard InChI is InChI=1S/C13H14N4O2.C8H12N2O/c1-2-3-8-6-19-10-5-7(12(14)18)4-9-11(10)17(8)13(15)16-9;1-3-4-10-8(6-11)5-7(2)9-10/h2,4-5,8H,1,3,6H2,(H2,14,18)(H2,15,16);5-6H,3-4H2,1-2H3. The summed E-state index contributed by atoms with van der Waals surface area (Å²) in [6.07, 6.45) is 4.41. The largest absolute Gasteiger partial charge is 0.489 e. The van der Waals surface area contributed by atoms with Gasteiger partial charge in [0.1, 0.15) is 23.6 Å². The summed E-state index contributed by atoms with van der Waals surface area (Å²) < 4.78 is 9.36. The van der Waals surface area contributed by atoms with Gasteiger partial charge >= 0.3 is 0 Å². The van der Waals surface area contributed by atoms with E-state index in [1.54, 1.807) is 22.9 Å². The molecule has 9 nitrogen and oxygen atoms in total. The zero-order valence-electron chi connectivity index (χ0n) is 17.2. The molecule has 0 spiro atoms. The molecule has 158 valence electrons. The van der Waals surface area contributed by atoms with E-state index in [0.717, 1.165) is 36.9 Å². The number of hydrogen-bond donors (Lipinski definition) is 2. The molecule has 3 heterocycles. The number of ether oxygens (including phenoxy) is 1. The average molecular weight is 410 g/mol. The summed E-state index contributed by atoms with van der Waals surface area (Å²) in [5, 5.41) is 4.16. The Hall–Kier alpha value is -3.62. The van der Waals surface area contributed by atoms with E-state index in [4.69, 9.17) is 16.2 Å². The minimum atomic E-state index is -0.511. The zero-order chi connectivity index (χ0) is 21.8. The molecule has 1 aliphatic rings. The molecule has 0 saturated heterocycles. The van der Waals surface area contributed by atoms with E-state index in [1.807, 2.05) is 17.6 Å². The van der Waals surface area contributed by atoms with Gasteiger partial charge in [0.2, 0.25) is 11.9 Å². The van der Waals surface area contributed by atoms with Crippen LogP contribution >= 0.6 is 0 Å². The second-order valence-electron chi connectivity index (χ2n) is 7.09. The Balaban J connectivity index is 0.000000199. The van der Waals surface area contributed by atoms with E-state index in [2.05, 4.69) is 23.6 Å². The van der Waals surface area contributed by atoms with E-state index in [1.165, 1.54) is 0 Å². The van der Waals surface area contributed by atoms with Crippen LogP contribution in [0.4, 0.5) is 5.95 Å². The fourth-order valence-electron chi connectivity index (χ4n) is 3.51. The summed E-state index contributed by atoms with van der Waals surface area (Å²) in [5.41, 5.74) is 14.6. The number of rotatable bonds is 6. The highest BCUT2D eigenvalue weighted by atomic mass is 16.5. The lowest BCUT2D eigenvalue weighted by Gasteiger charge is -2.25. The summed E-state index contributed by atoms with van der Waals surface area (Å²) in [7, 11) is 0. The second-order valence-corrected chi connectivity index (χ2v) is 7.09. The van der Waals surface area contributed by atoms with Gasteiger partial charge in [-0.1, -0.05) is 13.0 Å². The first-order chi connectivity index (χ1) is 14.4. The number of carbonyl (C=O) groups excluding carboxylic acids is 2. The maximum Gasteiger partial charge on any atom is 0.248 e. The molecule has 0 fully saturated rings. The van der Waals surface area contributed by atoms with Crippen LogP contribution in [0.25, 0.3) is 11.0 Å². The molecule has 4 rings (SSSR count).